The summed E-state index contributed by atoms with van der Waals surface area (Å²) < 4.78 is 30.4. The van der Waals surface area contributed by atoms with Crippen LogP contribution in [0.1, 0.15) is 27.7 Å². The molecule has 1 fully saturated rings. The SMILES string of the molecule is CCS(=O)(=O)NCCNC(=NC)NC1CN(C(=O)OC(C)(C)C)C1. The molecule has 0 aromatic heterocycles. The van der Waals surface area contributed by atoms with Crippen molar-refractivity contribution in [2.75, 3.05) is 39.0 Å². The summed E-state index contributed by atoms with van der Waals surface area (Å²) in [5.74, 6) is 0.627. The van der Waals surface area contributed by atoms with Gasteiger partial charge in [0, 0.05) is 33.2 Å². The maximum absolute atomic E-state index is 11.8. The molecule has 0 radical (unpaired) electrons. The monoisotopic (exact) mass is 363 g/mol. The maximum Gasteiger partial charge on any atom is 0.410 e. The minimum atomic E-state index is -3.18. The summed E-state index contributed by atoms with van der Waals surface area (Å²) in [4.78, 5) is 17.5. The summed E-state index contributed by atoms with van der Waals surface area (Å²) in [5, 5.41) is 6.20. The molecule has 0 aromatic carbocycles. The van der Waals surface area contributed by atoms with Gasteiger partial charge in [-0.3, -0.25) is 4.99 Å². The number of guanidine groups is 1. The normalized spacial score (nSPS) is 16.5. The lowest BCUT2D eigenvalue weighted by Gasteiger charge is -2.40. The van der Waals surface area contributed by atoms with E-state index >= 15 is 0 Å². The second kappa shape index (κ2) is 8.52. The first-order chi connectivity index (χ1) is 11.1. The quantitative estimate of drug-likeness (QED) is 0.340. The molecule has 0 atom stereocenters. The smallest absolute Gasteiger partial charge is 0.410 e. The van der Waals surface area contributed by atoms with Gasteiger partial charge >= 0.3 is 6.09 Å². The van der Waals surface area contributed by atoms with Crippen LogP contribution < -0.4 is 15.4 Å². The molecule has 1 aliphatic rings. The van der Waals surface area contributed by atoms with E-state index < -0.39 is 15.6 Å². The molecule has 0 spiro atoms. The van der Waals surface area contributed by atoms with Gasteiger partial charge in [0.05, 0.1) is 11.8 Å². The van der Waals surface area contributed by atoms with Crippen molar-refractivity contribution in [2.24, 2.45) is 4.99 Å². The zero-order valence-corrected chi connectivity index (χ0v) is 15.9. The van der Waals surface area contributed by atoms with E-state index in [1.807, 2.05) is 20.8 Å². The summed E-state index contributed by atoms with van der Waals surface area (Å²) in [6, 6.07) is 0.0936. The van der Waals surface area contributed by atoms with Crippen molar-refractivity contribution >= 4 is 22.1 Å². The van der Waals surface area contributed by atoms with Gasteiger partial charge in [-0.05, 0) is 27.7 Å². The average molecular weight is 363 g/mol. The Labute approximate surface area is 144 Å². The standard InChI is InChI=1S/C14H29N5O4S/c1-6-24(21,22)17-8-7-16-12(15-5)18-11-9-19(10-11)13(20)23-14(2,3)4/h11,17H,6-10H2,1-5H3,(H2,15,16,18). The first-order valence-electron chi connectivity index (χ1n) is 7.98. The molecule has 1 heterocycles. The van der Waals surface area contributed by atoms with Crippen molar-refractivity contribution in [1.82, 2.24) is 20.3 Å². The molecule has 1 saturated heterocycles. The Bertz CT molecular complexity index is 550. The Hall–Kier alpha value is -1.55. The molecule has 0 aliphatic carbocycles. The molecule has 9 nitrogen and oxygen atoms in total. The number of hydrogen-bond acceptors (Lipinski definition) is 5. The fraction of sp³-hybridized carbons (Fsp3) is 0.857. The molecular weight excluding hydrogens is 334 g/mol. The third-order valence-electron chi connectivity index (χ3n) is 3.22. The Kier molecular flexibility index (Phi) is 7.27. The lowest BCUT2D eigenvalue weighted by Crippen LogP contribution is -2.63. The Morgan fingerprint density at radius 1 is 1.29 bits per heavy atom. The summed E-state index contributed by atoms with van der Waals surface area (Å²) in [7, 11) is -1.55. The molecule has 0 aromatic rings. The number of carbonyl (C=O) groups excluding carboxylic acids is 1. The van der Waals surface area contributed by atoms with E-state index in [2.05, 4.69) is 20.3 Å². The minimum Gasteiger partial charge on any atom is -0.444 e. The van der Waals surface area contributed by atoms with E-state index in [9.17, 15) is 13.2 Å². The summed E-state index contributed by atoms with van der Waals surface area (Å²) in [5.41, 5.74) is -0.501. The van der Waals surface area contributed by atoms with Gasteiger partial charge in [-0.1, -0.05) is 0 Å². The molecular formula is C14H29N5O4S. The van der Waals surface area contributed by atoms with E-state index in [0.29, 0.717) is 25.6 Å². The number of nitrogens with one attached hydrogen (secondary N) is 3. The van der Waals surface area contributed by atoms with Crippen molar-refractivity contribution in [1.29, 1.82) is 0 Å². The van der Waals surface area contributed by atoms with Gasteiger partial charge in [0.2, 0.25) is 10.0 Å². The lowest BCUT2D eigenvalue weighted by atomic mass is 10.1. The van der Waals surface area contributed by atoms with Crippen LogP contribution >= 0.6 is 0 Å². The number of nitrogens with zero attached hydrogens (tertiary/aromatic N) is 2. The van der Waals surface area contributed by atoms with E-state index in [4.69, 9.17) is 4.74 Å². The average Bonchev–Trinajstić information content (AvgIpc) is 2.42. The first-order valence-corrected chi connectivity index (χ1v) is 9.64. The number of aliphatic imine (C=N–C) groups is 1. The number of ether oxygens (including phenoxy) is 1. The van der Waals surface area contributed by atoms with Gasteiger partial charge in [-0.2, -0.15) is 0 Å². The van der Waals surface area contributed by atoms with Gasteiger partial charge in [0.25, 0.3) is 0 Å². The van der Waals surface area contributed by atoms with Crippen LogP contribution in [-0.4, -0.2) is 76.0 Å². The Balaban J connectivity index is 2.26. The second-order valence-corrected chi connectivity index (χ2v) is 8.62. The number of amides is 1. The fourth-order valence-electron chi connectivity index (χ4n) is 1.92. The fourth-order valence-corrected chi connectivity index (χ4v) is 2.54. The molecule has 140 valence electrons. The van der Waals surface area contributed by atoms with Gasteiger partial charge in [0.15, 0.2) is 5.96 Å². The van der Waals surface area contributed by atoms with Crippen LogP contribution in [0.2, 0.25) is 0 Å². The largest absolute Gasteiger partial charge is 0.444 e. The van der Waals surface area contributed by atoms with E-state index in [0.717, 1.165) is 0 Å². The number of carbonyl (C=O) groups is 1. The van der Waals surface area contributed by atoms with Crippen LogP contribution in [-0.2, 0) is 14.8 Å². The van der Waals surface area contributed by atoms with E-state index in [-0.39, 0.29) is 24.4 Å². The molecule has 0 bridgehead atoms. The lowest BCUT2D eigenvalue weighted by molar-refractivity contribution is 0.00701. The summed E-state index contributed by atoms with van der Waals surface area (Å²) in [6.45, 7) is 8.86. The van der Waals surface area contributed by atoms with Crippen LogP contribution in [0.4, 0.5) is 4.79 Å². The summed E-state index contributed by atoms with van der Waals surface area (Å²) >= 11 is 0. The highest BCUT2D eigenvalue weighted by molar-refractivity contribution is 7.89. The van der Waals surface area contributed by atoms with Crippen molar-refractivity contribution < 1.29 is 17.9 Å². The van der Waals surface area contributed by atoms with Crippen molar-refractivity contribution in [3.63, 3.8) is 0 Å². The summed E-state index contributed by atoms with van der Waals surface area (Å²) in [6.07, 6.45) is -0.322. The highest BCUT2D eigenvalue weighted by atomic mass is 32.2. The third-order valence-corrected chi connectivity index (χ3v) is 4.62. The van der Waals surface area contributed by atoms with Gasteiger partial charge in [0.1, 0.15) is 5.60 Å². The number of hydrogen-bond donors (Lipinski definition) is 3. The molecule has 0 unspecified atom stereocenters. The van der Waals surface area contributed by atoms with Crippen LogP contribution in [0, 0.1) is 0 Å². The van der Waals surface area contributed by atoms with Gasteiger partial charge in [-0.15, -0.1) is 0 Å². The van der Waals surface area contributed by atoms with Crippen LogP contribution in [0.3, 0.4) is 0 Å². The zero-order chi connectivity index (χ0) is 18.4. The topological polar surface area (TPSA) is 112 Å². The van der Waals surface area contributed by atoms with Gasteiger partial charge in [-0.25, -0.2) is 17.9 Å². The predicted molar refractivity (Wildman–Crippen MR) is 93.6 cm³/mol. The number of sulfonamides is 1. The van der Waals surface area contributed by atoms with Crippen molar-refractivity contribution in [3.8, 4) is 0 Å². The highest BCUT2D eigenvalue weighted by Crippen LogP contribution is 2.14. The van der Waals surface area contributed by atoms with Crippen LogP contribution in [0.25, 0.3) is 0 Å². The maximum atomic E-state index is 11.8. The molecule has 10 heteroatoms. The second-order valence-electron chi connectivity index (χ2n) is 6.52. The first kappa shape index (κ1) is 20.5. The third kappa shape index (κ3) is 7.35. The molecule has 1 amide bonds. The molecule has 3 N–H and O–H groups in total. The molecule has 24 heavy (non-hydrogen) atoms. The highest BCUT2D eigenvalue weighted by Gasteiger charge is 2.34. The van der Waals surface area contributed by atoms with Crippen LogP contribution in [0.15, 0.2) is 4.99 Å². The molecule has 0 saturated carbocycles. The minimum absolute atomic E-state index is 0.0581. The number of rotatable bonds is 6. The van der Waals surface area contributed by atoms with Crippen molar-refractivity contribution in [3.05, 3.63) is 0 Å². The van der Waals surface area contributed by atoms with Gasteiger partial charge < -0.3 is 20.3 Å². The van der Waals surface area contributed by atoms with Crippen molar-refractivity contribution in [2.45, 2.75) is 39.3 Å². The molecule has 1 rings (SSSR count). The molecule has 1 aliphatic heterocycles. The van der Waals surface area contributed by atoms with E-state index in [1.54, 1.807) is 18.9 Å². The van der Waals surface area contributed by atoms with Crippen LogP contribution in [0.5, 0.6) is 0 Å². The van der Waals surface area contributed by atoms with E-state index in [1.165, 1.54) is 0 Å². The predicted octanol–water partition coefficient (Wildman–Crippen LogP) is -0.290. The number of likely N-dealkylation sites (tertiary alicyclic amines) is 1. The Morgan fingerprint density at radius 2 is 1.92 bits per heavy atom. The zero-order valence-electron chi connectivity index (χ0n) is 15.0. The Morgan fingerprint density at radius 3 is 2.42 bits per heavy atom.